The molecule has 82 valence electrons. The van der Waals surface area contributed by atoms with Crippen molar-refractivity contribution in [1.29, 1.82) is 0 Å². The maximum Gasteiger partial charge on any atom is 0.222 e. The van der Waals surface area contributed by atoms with Gasteiger partial charge in [0.2, 0.25) is 5.91 Å². The van der Waals surface area contributed by atoms with Crippen molar-refractivity contribution in [1.82, 2.24) is 4.90 Å². The molecular formula is C11H21NO2. The third-order valence-electron chi connectivity index (χ3n) is 2.32. The van der Waals surface area contributed by atoms with E-state index < -0.39 is 0 Å². The van der Waals surface area contributed by atoms with Crippen molar-refractivity contribution in [3.63, 3.8) is 0 Å². The summed E-state index contributed by atoms with van der Waals surface area (Å²) in [5.74, 6) is 0.286. The van der Waals surface area contributed by atoms with Crippen molar-refractivity contribution in [2.45, 2.75) is 45.6 Å². The lowest BCUT2D eigenvalue weighted by molar-refractivity contribution is -0.134. The van der Waals surface area contributed by atoms with E-state index in [4.69, 9.17) is 4.74 Å². The Labute approximate surface area is 86.4 Å². The predicted octanol–water partition coefficient (Wildman–Crippen LogP) is 1.81. The van der Waals surface area contributed by atoms with E-state index in [9.17, 15) is 4.79 Å². The van der Waals surface area contributed by atoms with Crippen LogP contribution in [0.25, 0.3) is 0 Å². The van der Waals surface area contributed by atoms with Crippen LogP contribution in [0.1, 0.15) is 40.0 Å². The van der Waals surface area contributed by atoms with Gasteiger partial charge in [-0.2, -0.15) is 0 Å². The molecule has 1 rings (SSSR count). The number of carbonyl (C=O) groups is 1. The number of amides is 1. The number of rotatable bonds is 3. The largest absolute Gasteiger partial charge is 0.374 e. The molecule has 3 nitrogen and oxygen atoms in total. The van der Waals surface area contributed by atoms with E-state index in [1.54, 1.807) is 0 Å². The van der Waals surface area contributed by atoms with Gasteiger partial charge in [0, 0.05) is 19.5 Å². The summed E-state index contributed by atoms with van der Waals surface area (Å²) in [5.41, 5.74) is -0.0984. The number of nitrogens with zero attached hydrogens (tertiary/aromatic N) is 1. The van der Waals surface area contributed by atoms with Gasteiger partial charge in [0.15, 0.2) is 0 Å². The lowest BCUT2D eigenvalue weighted by Crippen LogP contribution is -2.38. The number of piperidine rings is 1. The van der Waals surface area contributed by atoms with Crippen LogP contribution in [0.2, 0.25) is 0 Å². The average Bonchev–Trinajstić information content (AvgIpc) is 2.06. The first-order valence-electron chi connectivity index (χ1n) is 5.41. The third kappa shape index (κ3) is 4.09. The molecule has 1 heterocycles. The Morgan fingerprint density at radius 2 is 2.07 bits per heavy atom. The summed E-state index contributed by atoms with van der Waals surface area (Å²) in [6.07, 6.45) is 2.91. The van der Waals surface area contributed by atoms with E-state index in [0.717, 1.165) is 32.4 Å². The molecule has 1 saturated heterocycles. The van der Waals surface area contributed by atoms with E-state index >= 15 is 0 Å². The van der Waals surface area contributed by atoms with Gasteiger partial charge >= 0.3 is 0 Å². The number of hydrogen-bond donors (Lipinski definition) is 0. The van der Waals surface area contributed by atoms with Crippen molar-refractivity contribution >= 4 is 5.91 Å². The van der Waals surface area contributed by atoms with Crippen molar-refractivity contribution in [3.8, 4) is 0 Å². The third-order valence-corrected chi connectivity index (χ3v) is 2.32. The number of ether oxygens (including phenoxy) is 1. The molecule has 0 aromatic carbocycles. The van der Waals surface area contributed by atoms with E-state index in [-0.39, 0.29) is 11.5 Å². The van der Waals surface area contributed by atoms with Gasteiger partial charge in [-0.1, -0.05) is 0 Å². The average molecular weight is 199 g/mol. The summed E-state index contributed by atoms with van der Waals surface area (Å²) >= 11 is 0. The number of carbonyl (C=O) groups excluding carboxylic acids is 1. The predicted molar refractivity (Wildman–Crippen MR) is 56.1 cm³/mol. The quantitative estimate of drug-likeness (QED) is 0.694. The van der Waals surface area contributed by atoms with Crippen molar-refractivity contribution in [2.75, 3.05) is 19.7 Å². The Bertz CT molecular complexity index is 196. The lowest BCUT2D eigenvalue weighted by atomic mass is 10.1. The normalized spacial score (nSPS) is 18.8. The highest BCUT2D eigenvalue weighted by molar-refractivity contribution is 5.76. The second-order valence-corrected chi connectivity index (χ2v) is 4.80. The number of likely N-dealkylation sites (tertiary alicyclic amines) is 1. The van der Waals surface area contributed by atoms with Crippen LogP contribution in [0.4, 0.5) is 0 Å². The molecule has 0 N–H and O–H groups in total. The van der Waals surface area contributed by atoms with Crippen molar-refractivity contribution < 1.29 is 9.53 Å². The molecule has 1 aliphatic rings. The van der Waals surface area contributed by atoms with Crippen LogP contribution in [-0.2, 0) is 9.53 Å². The van der Waals surface area contributed by atoms with E-state index in [1.165, 1.54) is 0 Å². The summed E-state index contributed by atoms with van der Waals surface area (Å²) in [6, 6.07) is 0. The fourth-order valence-electron chi connectivity index (χ4n) is 1.56. The zero-order valence-electron chi connectivity index (χ0n) is 9.51. The highest BCUT2D eigenvalue weighted by Gasteiger charge is 2.18. The van der Waals surface area contributed by atoms with Crippen LogP contribution >= 0.6 is 0 Å². The summed E-state index contributed by atoms with van der Waals surface area (Å²) in [4.78, 5) is 13.3. The van der Waals surface area contributed by atoms with Crippen LogP contribution in [0.5, 0.6) is 0 Å². The van der Waals surface area contributed by atoms with Crippen LogP contribution in [0.3, 0.4) is 0 Å². The maximum atomic E-state index is 11.4. The summed E-state index contributed by atoms with van der Waals surface area (Å²) < 4.78 is 5.59. The Hall–Kier alpha value is -0.570. The molecule has 0 aromatic heterocycles. The maximum absolute atomic E-state index is 11.4. The van der Waals surface area contributed by atoms with Gasteiger partial charge in [-0.3, -0.25) is 4.79 Å². The molecule has 0 saturated carbocycles. The Kier molecular flexibility index (Phi) is 3.93. The van der Waals surface area contributed by atoms with E-state index in [0.29, 0.717) is 6.61 Å². The molecule has 1 fully saturated rings. The van der Waals surface area contributed by atoms with Gasteiger partial charge in [-0.15, -0.1) is 0 Å². The molecule has 1 amide bonds. The zero-order valence-corrected chi connectivity index (χ0v) is 9.51. The molecule has 0 spiro atoms. The molecule has 14 heavy (non-hydrogen) atoms. The molecule has 3 heteroatoms. The van der Waals surface area contributed by atoms with Crippen molar-refractivity contribution in [3.05, 3.63) is 0 Å². The molecule has 0 atom stereocenters. The standard InChI is InChI=1S/C11H21NO2/c1-11(2,3)14-9-8-12-7-5-4-6-10(12)13/h4-9H2,1-3H3. The minimum Gasteiger partial charge on any atom is -0.374 e. The van der Waals surface area contributed by atoms with Crippen LogP contribution < -0.4 is 0 Å². The Morgan fingerprint density at radius 1 is 1.36 bits per heavy atom. The molecule has 0 bridgehead atoms. The van der Waals surface area contributed by atoms with Gasteiger partial charge in [0.05, 0.1) is 12.2 Å². The smallest absolute Gasteiger partial charge is 0.222 e. The minimum absolute atomic E-state index is 0.0984. The highest BCUT2D eigenvalue weighted by Crippen LogP contribution is 2.11. The van der Waals surface area contributed by atoms with Gasteiger partial charge in [0.25, 0.3) is 0 Å². The van der Waals surface area contributed by atoms with Gasteiger partial charge in [-0.25, -0.2) is 0 Å². The lowest BCUT2D eigenvalue weighted by Gasteiger charge is -2.28. The second kappa shape index (κ2) is 4.78. The summed E-state index contributed by atoms with van der Waals surface area (Å²) in [5, 5.41) is 0. The van der Waals surface area contributed by atoms with E-state index in [1.807, 2.05) is 25.7 Å². The van der Waals surface area contributed by atoms with Gasteiger partial charge in [0.1, 0.15) is 0 Å². The molecule has 0 aromatic rings. The fourth-order valence-corrected chi connectivity index (χ4v) is 1.56. The Morgan fingerprint density at radius 3 is 2.64 bits per heavy atom. The monoisotopic (exact) mass is 199 g/mol. The SMILES string of the molecule is CC(C)(C)OCCN1CCCCC1=O. The van der Waals surface area contributed by atoms with Gasteiger partial charge in [-0.05, 0) is 33.6 Å². The molecule has 0 unspecified atom stereocenters. The van der Waals surface area contributed by atoms with Gasteiger partial charge < -0.3 is 9.64 Å². The molecule has 0 aliphatic carbocycles. The topological polar surface area (TPSA) is 29.5 Å². The fraction of sp³-hybridized carbons (Fsp3) is 0.909. The summed E-state index contributed by atoms with van der Waals surface area (Å²) in [6.45, 7) is 8.40. The first-order chi connectivity index (χ1) is 6.49. The zero-order chi connectivity index (χ0) is 10.6. The van der Waals surface area contributed by atoms with Crippen molar-refractivity contribution in [2.24, 2.45) is 0 Å². The minimum atomic E-state index is -0.0984. The Balaban J connectivity index is 2.20. The summed E-state index contributed by atoms with van der Waals surface area (Å²) in [7, 11) is 0. The van der Waals surface area contributed by atoms with Crippen LogP contribution in [0, 0.1) is 0 Å². The number of hydrogen-bond acceptors (Lipinski definition) is 2. The second-order valence-electron chi connectivity index (χ2n) is 4.80. The highest BCUT2D eigenvalue weighted by atomic mass is 16.5. The van der Waals surface area contributed by atoms with Crippen LogP contribution in [0.15, 0.2) is 0 Å². The molecule has 0 radical (unpaired) electrons. The molecule has 1 aliphatic heterocycles. The van der Waals surface area contributed by atoms with E-state index in [2.05, 4.69) is 0 Å². The molecular weight excluding hydrogens is 178 g/mol. The van der Waals surface area contributed by atoms with Crippen LogP contribution in [-0.4, -0.2) is 36.1 Å². The first-order valence-corrected chi connectivity index (χ1v) is 5.41. The first kappa shape index (κ1) is 11.5.